The molecule has 0 saturated heterocycles. The fraction of sp³-hybridized carbons (Fsp3) is 0.500. The SMILES string of the molecule is CN(C)CCCCNS(=O)(=O)c1ccc(Cl)c(N)c1Cl. The van der Waals surface area contributed by atoms with Crippen LogP contribution in [-0.4, -0.2) is 40.5 Å². The molecular weight excluding hydrogens is 321 g/mol. The van der Waals surface area contributed by atoms with Crippen molar-refractivity contribution in [2.75, 3.05) is 32.9 Å². The maximum Gasteiger partial charge on any atom is 0.242 e. The van der Waals surface area contributed by atoms with Gasteiger partial charge < -0.3 is 10.6 Å². The smallest absolute Gasteiger partial charge is 0.242 e. The van der Waals surface area contributed by atoms with E-state index in [0.29, 0.717) is 6.54 Å². The van der Waals surface area contributed by atoms with Crippen molar-refractivity contribution in [1.29, 1.82) is 0 Å². The van der Waals surface area contributed by atoms with Crippen LogP contribution < -0.4 is 10.5 Å². The van der Waals surface area contributed by atoms with E-state index >= 15 is 0 Å². The van der Waals surface area contributed by atoms with Gasteiger partial charge in [-0.1, -0.05) is 23.2 Å². The number of anilines is 1. The van der Waals surface area contributed by atoms with E-state index in [9.17, 15) is 8.42 Å². The van der Waals surface area contributed by atoms with Gasteiger partial charge in [-0.25, -0.2) is 13.1 Å². The summed E-state index contributed by atoms with van der Waals surface area (Å²) in [6, 6.07) is 2.77. The average molecular weight is 340 g/mol. The molecule has 0 aliphatic carbocycles. The highest BCUT2D eigenvalue weighted by molar-refractivity contribution is 7.89. The van der Waals surface area contributed by atoms with Gasteiger partial charge in [0.2, 0.25) is 10.0 Å². The van der Waals surface area contributed by atoms with Crippen LogP contribution in [0.5, 0.6) is 0 Å². The van der Waals surface area contributed by atoms with Crippen LogP contribution in [0.25, 0.3) is 0 Å². The fourth-order valence-electron chi connectivity index (χ4n) is 1.59. The lowest BCUT2D eigenvalue weighted by atomic mass is 10.3. The summed E-state index contributed by atoms with van der Waals surface area (Å²) in [5, 5.41) is 0.193. The van der Waals surface area contributed by atoms with Crippen LogP contribution in [0, 0.1) is 0 Å². The fourth-order valence-corrected chi connectivity index (χ4v) is 3.43. The molecule has 0 aliphatic rings. The highest BCUT2D eigenvalue weighted by Crippen LogP contribution is 2.32. The van der Waals surface area contributed by atoms with E-state index in [2.05, 4.69) is 4.72 Å². The number of hydrogen-bond acceptors (Lipinski definition) is 4. The van der Waals surface area contributed by atoms with E-state index in [1.54, 1.807) is 0 Å². The Morgan fingerprint density at radius 2 is 1.90 bits per heavy atom. The molecule has 0 heterocycles. The van der Waals surface area contributed by atoms with Crippen molar-refractivity contribution in [3.05, 3.63) is 22.2 Å². The molecular formula is C12H19Cl2N3O2S. The molecule has 5 nitrogen and oxygen atoms in total. The molecule has 8 heteroatoms. The minimum atomic E-state index is -3.67. The van der Waals surface area contributed by atoms with Crippen LogP contribution >= 0.6 is 23.2 Å². The van der Waals surface area contributed by atoms with Crippen molar-refractivity contribution in [1.82, 2.24) is 9.62 Å². The monoisotopic (exact) mass is 339 g/mol. The Morgan fingerprint density at radius 3 is 2.50 bits per heavy atom. The molecule has 114 valence electrons. The van der Waals surface area contributed by atoms with E-state index in [-0.39, 0.29) is 20.6 Å². The maximum atomic E-state index is 12.1. The zero-order chi connectivity index (χ0) is 15.3. The zero-order valence-corrected chi connectivity index (χ0v) is 13.8. The number of unbranched alkanes of at least 4 members (excludes halogenated alkanes) is 1. The number of benzene rings is 1. The van der Waals surface area contributed by atoms with Crippen molar-refractivity contribution in [2.24, 2.45) is 0 Å². The van der Waals surface area contributed by atoms with Crippen LogP contribution in [-0.2, 0) is 10.0 Å². The Morgan fingerprint density at radius 1 is 1.25 bits per heavy atom. The Hall–Kier alpha value is -0.530. The maximum absolute atomic E-state index is 12.1. The number of nitrogens with two attached hydrogens (primary N) is 1. The van der Waals surface area contributed by atoms with Gasteiger partial charge in [0.1, 0.15) is 4.90 Å². The second kappa shape index (κ2) is 7.47. The molecule has 1 rings (SSSR count). The Balaban J connectivity index is 2.68. The van der Waals surface area contributed by atoms with Gasteiger partial charge >= 0.3 is 0 Å². The lowest BCUT2D eigenvalue weighted by molar-refractivity contribution is 0.394. The number of nitrogens with zero attached hydrogens (tertiary/aromatic N) is 1. The summed E-state index contributed by atoms with van der Waals surface area (Å²) in [6.45, 7) is 1.27. The lowest BCUT2D eigenvalue weighted by Crippen LogP contribution is -2.26. The largest absolute Gasteiger partial charge is 0.396 e. The number of halogens is 2. The first-order valence-corrected chi connectivity index (χ1v) is 8.37. The topological polar surface area (TPSA) is 75.4 Å². The third-order valence-electron chi connectivity index (χ3n) is 2.70. The summed E-state index contributed by atoms with van der Waals surface area (Å²) in [5.41, 5.74) is 5.70. The summed E-state index contributed by atoms with van der Waals surface area (Å²) < 4.78 is 26.7. The van der Waals surface area contributed by atoms with Gasteiger partial charge in [-0.3, -0.25) is 0 Å². The van der Waals surface area contributed by atoms with E-state index in [1.165, 1.54) is 12.1 Å². The highest BCUT2D eigenvalue weighted by Gasteiger charge is 2.20. The molecule has 0 radical (unpaired) electrons. The Kier molecular flexibility index (Phi) is 6.54. The number of nitrogen functional groups attached to an aromatic ring is 1. The van der Waals surface area contributed by atoms with E-state index in [0.717, 1.165) is 19.4 Å². The quantitative estimate of drug-likeness (QED) is 0.589. The van der Waals surface area contributed by atoms with Gasteiger partial charge in [-0.2, -0.15) is 0 Å². The summed E-state index contributed by atoms with van der Waals surface area (Å²) in [6.07, 6.45) is 1.66. The van der Waals surface area contributed by atoms with Gasteiger partial charge in [0.25, 0.3) is 0 Å². The van der Waals surface area contributed by atoms with E-state index < -0.39 is 10.0 Å². The van der Waals surface area contributed by atoms with E-state index in [1.807, 2.05) is 19.0 Å². The molecule has 1 aromatic rings. The van der Waals surface area contributed by atoms with Crippen LogP contribution in [0.3, 0.4) is 0 Å². The summed E-state index contributed by atoms with van der Waals surface area (Å²) in [5.74, 6) is 0. The molecule has 20 heavy (non-hydrogen) atoms. The summed E-state index contributed by atoms with van der Waals surface area (Å²) >= 11 is 11.7. The average Bonchev–Trinajstić information content (AvgIpc) is 2.34. The predicted molar refractivity (Wildman–Crippen MR) is 83.9 cm³/mol. The second-order valence-corrected chi connectivity index (χ2v) is 7.20. The molecule has 0 amide bonds. The number of hydrogen-bond donors (Lipinski definition) is 2. The van der Waals surface area contributed by atoms with Gasteiger partial charge in [0.05, 0.1) is 15.7 Å². The summed E-state index contributed by atoms with van der Waals surface area (Å²) in [7, 11) is 0.280. The van der Waals surface area contributed by atoms with Crippen molar-refractivity contribution in [3.63, 3.8) is 0 Å². The molecule has 0 atom stereocenters. The van der Waals surface area contributed by atoms with Crippen LogP contribution in [0.4, 0.5) is 5.69 Å². The van der Waals surface area contributed by atoms with Crippen LogP contribution in [0.1, 0.15) is 12.8 Å². The normalized spacial score (nSPS) is 12.1. The molecule has 1 aromatic carbocycles. The second-order valence-electron chi connectivity index (χ2n) is 4.68. The highest BCUT2D eigenvalue weighted by atomic mass is 35.5. The Labute approximate surface area is 130 Å². The minimum Gasteiger partial charge on any atom is -0.396 e. The first kappa shape index (κ1) is 17.5. The van der Waals surface area contributed by atoms with Crippen molar-refractivity contribution in [3.8, 4) is 0 Å². The first-order chi connectivity index (χ1) is 9.25. The van der Waals surface area contributed by atoms with Gasteiger partial charge in [0.15, 0.2) is 0 Å². The minimum absolute atomic E-state index is 0.0432. The number of rotatable bonds is 7. The first-order valence-electron chi connectivity index (χ1n) is 6.13. The third-order valence-corrected chi connectivity index (χ3v) is 5.06. The van der Waals surface area contributed by atoms with Crippen molar-refractivity contribution in [2.45, 2.75) is 17.7 Å². The van der Waals surface area contributed by atoms with Gasteiger partial charge in [-0.15, -0.1) is 0 Å². The summed E-state index contributed by atoms with van der Waals surface area (Å²) in [4.78, 5) is 2.00. The molecule has 0 bridgehead atoms. The third kappa shape index (κ3) is 4.79. The standard InChI is InChI=1S/C12H19Cl2N3O2S/c1-17(2)8-4-3-7-16-20(18,19)10-6-5-9(13)12(15)11(10)14/h5-6,16H,3-4,7-8,15H2,1-2H3. The lowest BCUT2D eigenvalue weighted by Gasteiger charge is -2.11. The number of sulfonamides is 1. The molecule has 0 unspecified atom stereocenters. The Bertz CT molecular complexity index is 562. The molecule has 0 aromatic heterocycles. The van der Waals surface area contributed by atoms with Gasteiger partial charge in [0, 0.05) is 6.54 Å². The van der Waals surface area contributed by atoms with Gasteiger partial charge in [-0.05, 0) is 45.6 Å². The van der Waals surface area contributed by atoms with Crippen LogP contribution in [0.15, 0.2) is 17.0 Å². The molecule has 3 N–H and O–H groups in total. The van der Waals surface area contributed by atoms with Crippen molar-refractivity contribution >= 4 is 38.9 Å². The van der Waals surface area contributed by atoms with Crippen LogP contribution in [0.2, 0.25) is 10.0 Å². The predicted octanol–water partition coefficient (Wildman–Crippen LogP) is 2.20. The van der Waals surface area contributed by atoms with E-state index in [4.69, 9.17) is 28.9 Å². The number of nitrogens with one attached hydrogen (secondary N) is 1. The molecule has 0 fully saturated rings. The van der Waals surface area contributed by atoms with Crippen molar-refractivity contribution < 1.29 is 8.42 Å². The molecule has 0 aliphatic heterocycles. The molecule has 0 spiro atoms. The zero-order valence-electron chi connectivity index (χ0n) is 11.5. The molecule has 0 saturated carbocycles.